The first kappa shape index (κ1) is 14.4. The third-order valence-electron chi connectivity index (χ3n) is 4.68. The lowest BCUT2D eigenvalue weighted by Crippen LogP contribution is -2.31. The van der Waals surface area contributed by atoms with Crippen LogP contribution in [-0.2, 0) is 6.42 Å². The summed E-state index contributed by atoms with van der Waals surface area (Å²) in [5.41, 5.74) is 0.982. The molecule has 0 heterocycles. The van der Waals surface area contributed by atoms with Crippen molar-refractivity contribution in [2.24, 2.45) is 0 Å². The van der Waals surface area contributed by atoms with Gasteiger partial charge in [-0.1, -0.05) is 54.6 Å². The van der Waals surface area contributed by atoms with Gasteiger partial charge in [-0.2, -0.15) is 0 Å². The molecule has 4 aromatic rings. The lowest BCUT2D eigenvalue weighted by molar-refractivity contribution is -0.0131. The van der Waals surface area contributed by atoms with Gasteiger partial charge in [-0.05, 0) is 37.9 Å². The molecule has 0 saturated carbocycles. The van der Waals surface area contributed by atoms with Gasteiger partial charge in [0.1, 0.15) is 6.10 Å². The summed E-state index contributed by atoms with van der Waals surface area (Å²) >= 11 is 0. The standard InChI is InChI=1S/C20H18O3/c21-11-18(23)17(22)10-15-7-6-14-5-4-12-2-1-3-13-8-9-16(15)20(14)19(12)13/h1-9,17-18,21-23H,10-11H2. The second kappa shape index (κ2) is 5.46. The zero-order chi connectivity index (χ0) is 16.0. The molecule has 0 radical (unpaired) electrons. The minimum absolute atomic E-state index is 0.315. The Morgan fingerprint density at radius 3 is 2.00 bits per heavy atom. The number of aliphatic hydroxyl groups excluding tert-OH is 3. The van der Waals surface area contributed by atoms with Gasteiger partial charge in [0.05, 0.1) is 12.7 Å². The highest BCUT2D eigenvalue weighted by atomic mass is 16.4. The molecule has 23 heavy (non-hydrogen) atoms. The SMILES string of the molecule is OCC(O)C(O)Cc1ccc2ccc3cccc4ccc1c2c34. The van der Waals surface area contributed by atoms with Gasteiger partial charge in [0.15, 0.2) is 0 Å². The van der Waals surface area contributed by atoms with Crippen molar-refractivity contribution in [2.75, 3.05) is 6.61 Å². The van der Waals surface area contributed by atoms with E-state index in [4.69, 9.17) is 5.11 Å². The molecule has 4 aromatic carbocycles. The fraction of sp³-hybridized carbons (Fsp3) is 0.200. The summed E-state index contributed by atoms with van der Waals surface area (Å²) in [6.07, 6.45) is -1.78. The minimum atomic E-state index is -1.12. The van der Waals surface area contributed by atoms with Gasteiger partial charge in [-0.25, -0.2) is 0 Å². The van der Waals surface area contributed by atoms with Crippen LogP contribution in [0.25, 0.3) is 32.3 Å². The predicted octanol–water partition coefficient (Wildman–Crippen LogP) is 2.84. The topological polar surface area (TPSA) is 60.7 Å². The Morgan fingerprint density at radius 2 is 1.30 bits per heavy atom. The summed E-state index contributed by atoms with van der Waals surface area (Å²) in [7, 11) is 0. The zero-order valence-corrected chi connectivity index (χ0v) is 12.6. The molecule has 0 fully saturated rings. The minimum Gasteiger partial charge on any atom is -0.394 e. The van der Waals surface area contributed by atoms with E-state index in [1.165, 1.54) is 26.9 Å². The lowest BCUT2D eigenvalue weighted by Gasteiger charge is -2.18. The van der Waals surface area contributed by atoms with Crippen molar-refractivity contribution in [3.8, 4) is 0 Å². The van der Waals surface area contributed by atoms with Crippen LogP contribution in [0, 0.1) is 0 Å². The monoisotopic (exact) mass is 306 g/mol. The summed E-state index contributed by atoms with van der Waals surface area (Å²) < 4.78 is 0. The largest absolute Gasteiger partial charge is 0.394 e. The van der Waals surface area contributed by atoms with E-state index < -0.39 is 18.8 Å². The molecule has 0 bridgehead atoms. The molecule has 2 atom stereocenters. The average Bonchev–Trinajstić information content (AvgIpc) is 2.60. The van der Waals surface area contributed by atoms with Crippen molar-refractivity contribution in [3.05, 3.63) is 60.2 Å². The van der Waals surface area contributed by atoms with Gasteiger partial charge in [-0.3, -0.25) is 0 Å². The van der Waals surface area contributed by atoms with Gasteiger partial charge in [0.25, 0.3) is 0 Å². The van der Waals surface area contributed by atoms with Crippen LogP contribution in [0.15, 0.2) is 54.6 Å². The molecular formula is C20H18O3. The lowest BCUT2D eigenvalue weighted by atomic mass is 9.90. The second-order valence-corrected chi connectivity index (χ2v) is 6.10. The molecule has 116 valence electrons. The quantitative estimate of drug-likeness (QED) is 0.508. The smallest absolute Gasteiger partial charge is 0.103 e. The van der Waals surface area contributed by atoms with Crippen LogP contribution in [0.3, 0.4) is 0 Å². The fourth-order valence-electron chi connectivity index (χ4n) is 3.46. The van der Waals surface area contributed by atoms with Crippen LogP contribution in [0.2, 0.25) is 0 Å². The summed E-state index contributed by atoms with van der Waals surface area (Å²) in [5.74, 6) is 0. The summed E-state index contributed by atoms with van der Waals surface area (Å²) in [6, 6.07) is 18.8. The molecule has 3 nitrogen and oxygen atoms in total. The normalized spacial score (nSPS) is 14.7. The van der Waals surface area contributed by atoms with E-state index >= 15 is 0 Å². The molecule has 3 N–H and O–H groups in total. The maximum absolute atomic E-state index is 10.1. The summed E-state index contributed by atoms with van der Waals surface area (Å²) in [6.45, 7) is -0.438. The highest BCUT2D eigenvalue weighted by Gasteiger charge is 2.18. The van der Waals surface area contributed by atoms with Crippen LogP contribution < -0.4 is 0 Å². The van der Waals surface area contributed by atoms with Crippen LogP contribution in [-0.4, -0.2) is 34.1 Å². The molecule has 0 amide bonds. The van der Waals surface area contributed by atoms with E-state index in [1.807, 2.05) is 6.07 Å². The number of hydrogen-bond acceptors (Lipinski definition) is 3. The molecule has 0 saturated heterocycles. The second-order valence-electron chi connectivity index (χ2n) is 6.10. The summed E-state index contributed by atoms with van der Waals surface area (Å²) in [5, 5.41) is 35.8. The van der Waals surface area contributed by atoms with Crippen LogP contribution >= 0.6 is 0 Å². The van der Waals surface area contributed by atoms with Crippen LogP contribution in [0.1, 0.15) is 5.56 Å². The van der Waals surface area contributed by atoms with E-state index in [1.54, 1.807) is 0 Å². The Labute approximate surface area is 133 Å². The molecule has 0 aliphatic carbocycles. The third kappa shape index (κ3) is 2.25. The Hall–Kier alpha value is -2.20. The fourth-order valence-corrected chi connectivity index (χ4v) is 3.46. The Kier molecular flexibility index (Phi) is 3.42. The van der Waals surface area contributed by atoms with Crippen molar-refractivity contribution >= 4 is 32.3 Å². The molecule has 3 heteroatoms. The van der Waals surface area contributed by atoms with Crippen LogP contribution in [0.4, 0.5) is 0 Å². The van der Waals surface area contributed by atoms with Gasteiger partial charge in [0, 0.05) is 6.42 Å². The van der Waals surface area contributed by atoms with Gasteiger partial charge in [-0.15, -0.1) is 0 Å². The van der Waals surface area contributed by atoms with E-state index in [0.29, 0.717) is 6.42 Å². The third-order valence-corrected chi connectivity index (χ3v) is 4.68. The van der Waals surface area contributed by atoms with Gasteiger partial charge in [0.2, 0.25) is 0 Å². The maximum Gasteiger partial charge on any atom is 0.103 e. The number of rotatable bonds is 4. The molecule has 2 unspecified atom stereocenters. The molecule has 0 aliphatic heterocycles. The van der Waals surface area contributed by atoms with Crippen molar-refractivity contribution in [3.63, 3.8) is 0 Å². The molecule has 4 rings (SSSR count). The van der Waals surface area contributed by atoms with Crippen molar-refractivity contribution in [1.82, 2.24) is 0 Å². The number of aliphatic hydroxyl groups is 3. The Balaban J connectivity index is 1.96. The maximum atomic E-state index is 10.1. The highest BCUT2D eigenvalue weighted by molar-refractivity contribution is 6.23. The average molecular weight is 306 g/mol. The van der Waals surface area contributed by atoms with Crippen molar-refractivity contribution in [1.29, 1.82) is 0 Å². The zero-order valence-electron chi connectivity index (χ0n) is 12.6. The van der Waals surface area contributed by atoms with E-state index in [2.05, 4.69) is 48.5 Å². The highest BCUT2D eigenvalue weighted by Crippen LogP contribution is 2.36. The molecular weight excluding hydrogens is 288 g/mol. The first-order valence-electron chi connectivity index (χ1n) is 7.81. The van der Waals surface area contributed by atoms with E-state index in [-0.39, 0.29) is 0 Å². The van der Waals surface area contributed by atoms with E-state index in [0.717, 1.165) is 10.9 Å². The first-order valence-corrected chi connectivity index (χ1v) is 7.81. The van der Waals surface area contributed by atoms with Crippen molar-refractivity contribution < 1.29 is 15.3 Å². The van der Waals surface area contributed by atoms with Gasteiger partial charge >= 0.3 is 0 Å². The predicted molar refractivity (Wildman–Crippen MR) is 92.9 cm³/mol. The molecule has 0 aliphatic rings. The van der Waals surface area contributed by atoms with Crippen LogP contribution in [0.5, 0.6) is 0 Å². The number of hydrogen-bond donors (Lipinski definition) is 3. The Morgan fingerprint density at radius 1 is 0.696 bits per heavy atom. The molecule has 0 aromatic heterocycles. The van der Waals surface area contributed by atoms with E-state index in [9.17, 15) is 10.2 Å². The first-order chi connectivity index (χ1) is 11.2. The Bertz CT molecular complexity index is 961. The number of benzene rings is 4. The summed E-state index contributed by atoms with van der Waals surface area (Å²) in [4.78, 5) is 0. The molecule has 0 spiro atoms. The van der Waals surface area contributed by atoms with Gasteiger partial charge < -0.3 is 15.3 Å². The van der Waals surface area contributed by atoms with Crippen molar-refractivity contribution in [2.45, 2.75) is 18.6 Å².